The largest absolute Gasteiger partial charge is 0.331 e. The second-order valence-electron chi connectivity index (χ2n) is 26.6. The Labute approximate surface area is 492 Å². The number of rotatable bonds is 11. The Kier molecular flexibility index (Phi) is 14.4. The Morgan fingerprint density at radius 1 is 0.393 bits per heavy atom. The first-order valence-electron chi connectivity index (χ1n) is 31.7. The van der Waals surface area contributed by atoms with Gasteiger partial charge < -0.3 is 29.4 Å². The van der Waals surface area contributed by atoms with E-state index in [4.69, 9.17) is 0 Å². The summed E-state index contributed by atoms with van der Waals surface area (Å²) in [6.07, 6.45) is 7.54. The molecule has 434 valence electrons. The van der Waals surface area contributed by atoms with Crippen molar-refractivity contribution in [3.63, 3.8) is 0 Å². The van der Waals surface area contributed by atoms with Crippen molar-refractivity contribution in [1.82, 2.24) is 29.4 Å². The number of halogens is 3. The molecule has 12 heteroatoms. The summed E-state index contributed by atoms with van der Waals surface area (Å²) in [5, 5.41) is 0. The van der Waals surface area contributed by atoms with Crippen molar-refractivity contribution in [2.75, 3.05) is 78.5 Å². The van der Waals surface area contributed by atoms with Crippen LogP contribution < -0.4 is 0 Å². The third kappa shape index (κ3) is 9.89. The first kappa shape index (κ1) is 54.1. The van der Waals surface area contributed by atoms with Gasteiger partial charge in [-0.25, -0.2) is 13.2 Å². The van der Waals surface area contributed by atoms with E-state index in [0.717, 1.165) is 123 Å². The highest BCUT2D eigenvalue weighted by atomic mass is 19.1. The molecule has 12 heterocycles. The second kappa shape index (κ2) is 22.4. The monoisotopic (exact) mass is 1130 g/mol. The highest BCUT2D eigenvalue weighted by Gasteiger charge is 2.48. The molecule has 12 aliphatic rings. The Balaban J connectivity index is 0.675. The van der Waals surface area contributed by atoms with Crippen molar-refractivity contribution in [3.8, 4) is 0 Å². The minimum absolute atomic E-state index is 0.0377. The van der Waals surface area contributed by atoms with E-state index >= 15 is 9.18 Å². The zero-order chi connectivity index (χ0) is 56.7. The van der Waals surface area contributed by atoms with Gasteiger partial charge in [-0.2, -0.15) is 0 Å². The number of amides is 3. The molecule has 9 saturated heterocycles. The van der Waals surface area contributed by atoms with Gasteiger partial charge in [-0.1, -0.05) is 109 Å². The molecule has 3 amide bonds. The minimum atomic E-state index is -0.403. The standard InChI is InChI=1S/C72H77F3N6O3/c73-55-16-12-49(13-17-55)70-59-9-5-4-6-46(59)24-33-79(70)67(83)38-53-41-77-31-26-57(53)64(43-77)51-11-10-47-25-34-80(72(63(47)36-51)50-14-18-56(74)19-15-50)68(84)39-54-42-78-32-27-58(54)65(44-78)60-20-21-62-61(69(60)75)28-35-81(71(62)48-7-2-1-3-8-48)66(82)37-52-40-76-29-22-45(52)23-30-76/h1-21,36,45,52-54,57-58,64-65,70-72H,22-35,37-44H2/t52-,53+,54-,57?,58?,64?,65?,70+,71+,72+/m1/s1. The smallest absolute Gasteiger partial charge is 0.223 e. The lowest BCUT2D eigenvalue weighted by molar-refractivity contribution is -0.137. The molecule has 0 aliphatic carbocycles. The van der Waals surface area contributed by atoms with Crippen LogP contribution >= 0.6 is 0 Å². The number of benzene rings is 6. The van der Waals surface area contributed by atoms with E-state index in [1.807, 2.05) is 64.4 Å². The lowest BCUT2D eigenvalue weighted by Crippen LogP contribution is -2.53. The third-order valence-corrected chi connectivity index (χ3v) is 22.3. The van der Waals surface area contributed by atoms with E-state index in [0.29, 0.717) is 69.5 Å². The van der Waals surface area contributed by atoms with Crippen molar-refractivity contribution < 1.29 is 27.6 Å². The average molecular weight is 1130 g/mol. The maximum absolute atomic E-state index is 17.7. The topological polar surface area (TPSA) is 70.7 Å². The summed E-state index contributed by atoms with van der Waals surface area (Å²) in [4.78, 5) is 58.2. The molecule has 0 spiro atoms. The summed E-state index contributed by atoms with van der Waals surface area (Å²) in [6, 6.07) is 41.9. The Morgan fingerprint density at radius 2 is 0.869 bits per heavy atom. The molecule has 12 atom stereocenters. The molecule has 6 unspecified atom stereocenters. The quantitative estimate of drug-likeness (QED) is 0.129. The van der Waals surface area contributed by atoms with Gasteiger partial charge in [-0.05, 0) is 198 Å². The van der Waals surface area contributed by atoms with Gasteiger partial charge in [0.2, 0.25) is 17.7 Å². The summed E-state index contributed by atoms with van der Waals surface area (Å²) in [6.45, 7) is 10.2. The van der Waals surface area contributed by atoms with E-state index in [9.17, 15) is 18.4 Å². The fraction of sp³-hybridized carbons (Fsp3) is 0.458. The van der Waals surface area contributed by atoms with Gasteiger partial charge in [0.25, 0.3) is 0 Å². The molecular weight excluding hydrogens is 1050 g/mol. The number of fused-ring (bicyclic) bond motifs is 12. The van der Waals surface area contributed by atoms with E-state index in [-0.39, 0.29) is 76.8 Å². The Morgan fingerprint density at radius 3 is 1.48 bits per heavy atom. The summed E-state index contributed by atoms with van der Waals surface area (Å²) in [5.74, 6) is 1.39. The number of hydrogen-bond donors (Lipinski definition) is 0. The van der Waals surface area contributed by atoms with Gasteiger partial charge in [-0.3, -0.25) is 14.4 Å². The van der Waals surface area contributed by atoms with Crippen molar-refractivity contribution in [1.29, 1.82) is 0 Å². The first-order valence-corrected chi connectivity index (χ1v) is 31.7. The highest BCUT2D eigenvalue weighted by Crippen LogP contribution is 2.50. The Bertz CT molecular complexity index is 3460. The van der Waals surface area contributed by atoms with Crippen LogP contribution in [0.2, 0.25) is 0 Å². The van der Waals surface area contributed by atoms with Crippen LogP contribution in [0.3, 0.4) is 0 Å². The molecule has 6 aromatic rings. The highest BCUT2D eigenvalue weighted by molar-refractivity contribution is 5.80. The molecule has 9 fully saturated rings. The van der Waals surface area contributed by atoms with Crippen LogP contribution in [0.5, 0.6) is 0 Å². The molecule has 0 radical (unpaired) electrons. The van der Waals surface area contributed by atoms with E-state index in [1.54, 1.807) is 0 Å². The predicted octanol–water partition coefficient (Wildman–Crippen LogP) is 11.5. The summed E-state index contributed by atoms with van der Waals surface area (Å²) >= 11 is 0. The average Bonchev–Trinajstić information content (AvgIpc) is 1.98. The summed E-state index contributed by atoms with van der Waals surface area (Å²) < 4.78 is 46.7. The van der Waals surface area contributed by atoms with Crippen LogP contribution in [0.15, 0.2) is 133 Å². The Hall–Kier alpha value is -6.60. The van der Waals surface area contributed by atoms with Gasteiger partial charge >= 0.3 is 0 Å². The molecule has 6 aromatic carbocycles. The second-order valence-corrected chi connectivity index (χ2v) is 26.6. The molecule has 84 heavy (non-hydrogen) atoms. The van der Waals surface area contributed by atoms with Crippen LogP contribution in [0.4, 0.5) is 13.2 Å². The summed E-state index contributed by atoms with van der Waals surface area (Å²) in [7, 11) is 0. The number of hydrogen-bond acceptors (Lipinski definition) is 6. The third-order valence-electron chi connectivity index (χ3n) is 22.3. The fourth-order valence-corrected chi connectivity index (χ4v) is 18.1. The van der Waals surface area contributed by atoms with Gasteiger partial charge in [0, 0.05) is 77.5 Å². The van der Waals surface area contributed by atoms with Crippen molar-refractivity contribution in [2.24, 2.45) is 35.5 Å². The lowest BCUT2D eigenvalue weighted by atomic mass is 9.67. The van der Waals surface area contributed by atoms with Crippen molar-refractivity contribution >= 4 is 17.7 Å². The van der Waals surface area contributed by atoms with E-state index in [2.05, 4.69) is 74.2 Å². The zero-order valence-electron chi connectivity index (χ0n) is 48.2. The normalized spacial score (nSPS) is 31.1. The maximum Gasteiger partial charge on any atom is 0.223 e. The zero-order valence-corrected chi connectivity index (χ0v) is 48.2. The summed E-state index contributed by atoms with van der Waals surface area (Å²) in [5.41, 5.74) is 11.0. The van der Waals surface area contributed by atoms with Crippen LogP contribution in [-0.2, 0) is 33.6 Å². The van der Waals surface area contributed by atoms with Crippen LogP contribution in [0.25, 0.3) is 0 Å². The number of nitrogens with zero attached hydrogens (tertiary/aromatic N) is 6. The van der Waals surface area contributed by atoms with Gasteiger partial charge in [0.1, 0.15) is 17.5 Å². The number of carbonyl (C=O) groups is 3. The van der Waals surface area contributed by atoms with Crippen LogP contribution in [-0.4, -0.2) is 126 Å². The minimum Gasteiger partial charge on any atom is -0.331 e. The van der Waals surface area contributed by atoms with E-state index in [1.165, 1.54) is 53.8 Å². The number of carbonyl (C=O) groups excluding carboxylic acids is 3. The molecular formula is C72H77F3N6O3. The lowest BCUT2D eigenvalue weighted by Gasteiger charge is -2.51. The van der Waals surface area contributed by atoms with Gasteiger partial charge in [0.05, 0.1) is 18.1 Å². The van der Waals surface area contributed by atoms with Gasteiger partial charge in [0.15, 0.2) is 0 Å². The molecule has 18 rings (SSSR count). The molecule has 0 saturated carbocycles. The predicted molar refractivity (Wildman–Crippen MR) is 318 cm³/mol. The van der Waals surface area contributed by atoms with Crippen molar-refractivity contribution in [2.45, 2.75) is 94.2 Å². The maximum atomic E-state index is 17.7. The van der Waals surface area contributed by atoms with Gasteiger partial charge in [-0.15, -0.1) is 0 Å². The molecule has 6 bridgehead atoms. The molecule has 9 nitrogen and oxygen atoms in total. The molecule has 0 N–H and O–H groups in total. The SMILES string of the molecule is O=C(C[C@H]1CN2CCC1C(c1ccc3c(c1)[C@H](c1ccc(F)cc1)N(C(=O)C[C@@H]1CN4CCC1C(c1ccc5c(c1F)CCN(C(=O)C[C@@H]1CN6CCC1CC6)[C@H]5c1ccccc1)C4)CC3)C2)N1CCc2ccccc2[C@@H]1c1ccc(F)cc1. The van der Waals surface area contributed by atoms with Crippen LogP contribution in [0, 0.1) is 53.0 Å². The fourth-order valence-electron chi connectivity index (χ4n) is 18.1. The van der Waals surface area contributed by atoms with Crippen LogP contribution in [0.1, 0.15) is 136 Å². The first-order chi connectivity index (χ1) is 41.1. The van der Waals surface area contributed by atoms with E-state index < -0.39 is 6.04 Å². The molecule has 12 aliphatic heterocycles. The molecule has 0 aromatic heterocycles. The van der Waals surface area contributed by atoms with Crippen molar-refractivity contribution in [3.05, 3.63) is 212 Å². The number of piperidine rings is 9.